The predicted molar refractivity (Wildman–Crippen MR) is 80.1 cm³/mol. The lowest BCUT2D eigenvalue weighted by Gasteiger charge is -2.32. The van der Waals surface area contributed by atoms with Crippen molar-refractivity contribution in [3.63, 3.8) is 0 Å². The molecular formula is C14H27ClO3S. The smallest absolute Gasteiger partial charge is 0.233 e. The maximum Gasteiger partial charge on any atom is 0.233 e. The average Bonchev–Trinajstić information content (AvgIpc) is 2.62. The first kappa shape index (κ1) is 17.3. The molecule has 0 aliphatic heterocycles. The van der Waals surface area contributed by atoms with Gasteiger partial charge in [-0.05, 0) is 25.7 Å². The highest BCUT2D eigenvalue weighted by atomic mass is 35.7. The third-order valence-electron chi connectivity index (χ3n) is 4.41. The predicted octanol–water partition coefficient (Wildman–Crippen LogP) is 4.10. The Labute approximate surface area is 122 Å². The molecule has 0 amide bonds. The van der Waals surface area contributed by atoms with Crippen LogP contribution in [0.5, 0.6) is 0 Å². The van der Waals surface area contributed by atoms with Gasteiger partial charge in [-0.15, -0.1) is 0 Å². The molecule has 0 aromatic carbocycles. The molecule has 0 spiro atoms. The van der Waals surface area contributed by atoms with Crippen LogP contribution in [0.1, 0.15) is 65.2 Å². The minimum absolute atomic E-state index is 0.0152. The summed E-state index contributed by atoms with van der Waals surface area (Å²) in [6.07, 6.45) is 9.12. The molecule has 0 unspecified atom stereocenters. The molecule has 0 saturated heterocycles. The largest absolute Gasteiger partial charge is 0.378 e. The molecule has 114 valence electrons. The molecule has 1 aliphatic rings. The molecule has 1 fully saturated rings. The van der Waals surface area contributed by atoms with Gasteiger partial charge in [0.2, 0.25) is 9.05 Å². The molecular weight excluding hydrogens is 284 g/mol. The van der Waals surface area contributed by atoms with Crippen LogP contribution in [-0.2, 0) is 13.8 Å². The fourth-order valence-electron chi connectivity index (χ4n) is 2.77. The second-order valence-electron chi connectivity index (χ2n) is 5.81. The van der Waals surface area contributed by atoms with Crippen molar-refractivity contribution in [2.75, 3.05) is 12.4 Å². The molecule has 1 rings (SSSR count). The maximum atomic E-state index is 11.4. The van der Waals surface area contributed by atoms with Crippen LogP contribution in [0.15, 0.2) is 0 Å². The van der Waals surface area contributed by atoms with Crippen molar-refractivity contribution < 1.29 is 13.2 Å². The van der Waals surface area contributed by atoms with E-state index in [0.717, 1.165) is 25.7 Å². The van der Waals surface area contributed by atoms with Gasteiger partial charge in [-0.3, -0.25) is 0 Å². The first-order chi connectivity index (χ1) is 8.91. The van der Waals surface area contributed by atoms with Crippen molar-refractivity contribution in [1.82, 2.24) is 0 Å². The van der Waals surface area contributed by atoms with Gasteiger partial charge in [-0.2, -0.15) is 0 Å². The first-order valence-corrected chi connectivity index (χ1v) is 9.92. The average molecular weight is 311 g/mol. The molecule has 19 heavy (non-hydrogen) atoms. The minimum Gasteiger partial charge on any atom is -0.378 e. The Balaban J connectivity index is 2.57. The number of ether oxygens (including phenoxy) is 1. The third-order valence-corrected chi connectivity index (χ3v) is 5.69. The van der Waals surface area contributed by atoms with E-state index in [1.165, 1.54) is 25.7 Å². The summed E-state index contributed by atoms with van der Waals surface area (Å²) < 4.78 is 28.8. The summed E-state index contributed by atoms with van der Waals surface area (Å²) in [4.78, 5) is 0. The molecule has 0 bridgehead atoms. The fraction of sp³-hybridized carbons (Fsp3) is 1.00. The summed E-state index contributed by atoms with van der Waals surface area (Å²) >= 11 is 0. The summed E-state index contributed by atoms with van der Waals surface area (Å²) in [5.41, 5.74) is -0.327. The Morgan fingerprint density at radius 1 is 1.11 bits per heavy atom. The van der Waals surface area contributed by atoms with Gasteiger partial charge in [-0.1, -0.05) is 39.5 Å². The third kappa shape index (κ3) is 6.46. The number of hydrogen-bond acceptors (Lipinski definition) is 3. The summed E-state index contributed by atoms with van der Waals surface area (Å²) in [5.74, 6) is 0.0152. The van der Waals surface area contributed by atoms with Gasteiger partial charge in [-0.25, -0.2) is 8.42 Å². The molecule has 1 saturated carbocycles. The Kier molecular flexibility index (Phi) is 7.12. The molecule has 5 heteroatoms. The van der Waals surface area contributed by atoms with Crippen LogP contribution in [0.4, 0.5) is 0 Å². The lowest BCUT2D eigenvalue weighted by molar-refractivity contribution is -0.0117. The zero-order chi connectivity index (χ0) is 14.4. The maximum absolute atomic E-state index is 11.4. The van der Waals surface area contributed by atoms with Crippen LogP contribution in [0.3, 0.4) is 0 Å². The van der Waals surface area contributed by atoms with Crippen LogP contribution >= 0.6 is 10.7 Å². The summed E-state index contributed by atoms with van der Waals surface area (Å²) in [6, 6.07) is 0. The van der Waals surface area contributed by atoms with E-state index in [-0.39, 0.29) is 11.2 Å². The van der Waals surface area contributed by atoms with Crippen LogP contribution in [0, 0.1) is 5.41 Å². The van der Waals surface area contributed by atoms with Gasteiger partial charge in [0.25, 0.3) is 0 Å². The number of halogens is 1. The van der Waals surface area contributed by atoms with Gasteiger partial charge in [0, 0.05) is 16.1 Å². The van der Waals surface area contributed by atoms with E-state index in [1.807, 2.05) is 13.8 Å². The Bertz CT molecular complexity index is 342. The standard InChI is InChI=1S/C14H27ClO3S/c1-3-14(4-2,12-19(15,16)17)11-18-13-9-7-5-6-8-10-13/h13H,3-12H2,1-2H3. The zero-order valence-corrected chi connectivity index (χ0v) is 13.7. The van der Waals surface area contributed by atoms with E-state index >= 15 is 0 Å². The molecule has 0 heterocycles. The molecule has 0 radical (unpaired) electrons. The summed E-state index contributed by atoms with van der Waals surface area (Å²) in [5, 5.41) is 0. The van der Waals surface area contributed by atoms with Crippen molar-refractivity contribution in [3.8, 4) is 0 Å². The lowest BCUT2D eigenvalue weighted by Crippen LogP contribution is -2.34. The highest BCUT2D eigenvalue weighted by Crippen LogP contribution is 2.31. The summed E-state index contributed by atoms with van der Waals surface area (Å²) in [7, 11) is 1.97. The van der Waals surface area contributed by atoms with Gasteiger partial charge < -0.3 is 4.74 Å². The molecule has 1 aliphatic carbocycles. The van der Waals surface area contributed by atoms with Crippen molar-refractivity contribution in [2.24, 2.45) is 5.41 Å². The zero-order valence-electron chi connectivity index (χ0n) is 12.2. The van der Waals surface area contributed by atoms with Crippen LogP contribution in [0.25, 0.3) is 0 Å². The van der Waals surface area contributed by atoms with Crippen molar-refractivity contribution >= 4 is 19.7 Å². The van der Waals surface area contributed by atoms with Crippen molar-refractivity contribution in [3.05, 3.63) is 0 Å². The van der Waals surface area contributed by atoms with Gasteiger partial charge in [0.05, 0.1) is 18.5 Å². The van der Waals surface area contributed by atoms with E-state index in [2.05, 4.69) is 0 Å². The van der Waals surface area contributed by atoms with E-state index < -0.39 is 9.05 Å². The molecule has 0 aromatic rings. The van der Waals surface area contributed by atoms with E-state index in [1.54, 1.807) is 0 Å². The minimum atomic E-state index is -3.47. The normalized spacial score (nSPS) is 19.3. The van der Waals surface area contributed by atoms with Crippen LogP contribution in [0.2, 0.25) is 0 Å². The van der Waals surface area contributed by atoms with Crippen molar-refractivity contribution in [1.29, 1.82) is 0 Å². The van der Waals surface area contributed by atoms with Crippen LogP contribution in [-0.4, -0.2) is 26.9 Å². The van der Waals surface area contributed by atoms with E-state index in [4.69, 9.17) is 15.4 Å². The monoisotopic (exact) mass is 310 g/mol. The van der Waals surface area contributed by atoms with Gasteiger partial charge >= 0.3 is 0 Å². The first-order valence-electron chi connectivity index (χ1n) is 7.45. The van der Waals surface area contributed by atoms with Gasteiger partial charge in [0.1, 0.15) is 0 Å². The second-order valence-corrected chi connectivity index (χ2v) is 8.59. The van der Waals surface area contributed by atoms with Crippen LogP contribution < -0.4 is 0 Å². The Morgan fingerprint density at radius 2 is 1.63 bits per heavy atom. The molecule has 0 aromatic heterocycles. The van der Waals surface area contributed by atoms with Crippen molar-refractivity contribution in [2.45, 2.75) is 71.3 Å². The topological polar surface area (TPSA) is 43.4 Å². The fourth-order valence-corrected chi connectivity index (χ4v) is 4.69. The quantitative estimate of drug-likeness (QED) is 0.525. The highest BCUT2D eigenvalue weighted by Gasteiger charge is 2.33. The SMILES string of the molecule is CCC(CC)(COC1CCCCCC1)CS(=O)(=O)Cl. The van der Waals surface area contributed by atoms with E-state index in [9.17, 15) is 8.42 Å². The lowest BCUT2D eigenvalue weighted by atomic mass is 9.85. The summed E-state index contributed by atoms with van der Waals surface area (Å²) in [6.45, 7) is 4.54. The Hall–Kier alpha value is 0.200. The molecule has 0 atom stereocenters. The van der Waals surface area contributed by atoms with E-state index in [0.29, 0.717) is 12.7 Å². The Morgan fingerprint density at radius 3 is 2.05 bits per heavy atom. The molecule has 0 N–H and O–H groups in total. The van der Waals surface area contributed by atoms with Gasteiger partial charge in [0.15, 0.2) is 0 Å². The number of hydrogen-bond donors (Lipinski definition) is 0. The second kappa shape index (κ2) is 7.84. The number of rotatable bonds is 7. The molecule has 3 nitrogen and oxygen atoms in total. The highest BCUT2D eigenvalue weighted by molar-refractivity contribution is 8.13.